The Morgan fingerprint density at radius 1 is 0.379 bits per heavy atom. The van der Waals surface area contributed by atoms with Crippen molar-refractivity contribution in [3.8, 4) is 0 Å². The fraction of sp³-hybridized carbons (Fsp3) is 1.00. The van der Waals surface area contributed by atoms with Gasteiger partial charge in [-0.25, -0.2) is 0 Å². The first kappa shape index (κ1) is 29.1. The summed E-state index contributed by atoms with van der Waals surface area (Å²) in [6.07, 6.45) is 25.1. The van der Waals surface area contributed by atoms with Crippen LogP contribution in [0.3, 0.4) is 0 Å². The number of rotatable bonds is 24. The minimum atomic E-state index is -1.96. The van der Waals surface area contributed by atoms with Gasteiger partial charge in [-0.2, -0.15) is 0 Å². The van der Waals surface area contributed by atoms with Crippen molar-refractivity contribution in [3.05, 3.63) is 0 Å². The molecule has 29 heavy (non-hydrogen) atoms. The Morgan fingerprint density at radius 2 is 0.655 bits per heavy atom. The Bertz CT molecular complexity index is 303. The molecule has 0 fully saturated rings. The van der Waals surface area contributed by atoms with Crippen molar-refractivity contribution in [2.75, 3.05) is 13.2 Å². The fourth-order valence-corrected chi connectivity index (χ4v) is 7.93. The van der Waals surface area contributed by atoms with Crippen LogP contribution in [0.2, 0.25) is 12.1 Å². The average Bonchev–Trinajstić information content (AvgIpc) is 2.72. The molecule has 0 aliphatic rings. The molecule has 176 valence electrons. The van der Waals surface area contributed by atoms with Crippen molar-refractivity contribution in [1.82, 2.24) is 0 Å². The SMILES string of the molecule is CCCCCCCCCCCCCCC[Si](CCCCCCC)(OCC)OCC. The molecule has 0 saturated carbocycles. The van der Waals surface area contributed by atoms with E-state index in [1.807, 2.05) is 0 Å². The van der Waals surface area contributed by atoms with E-state index >= 15 is 0 Å². The molecule has 0 aliphatic carbocycles. The summed E-state index contributed by atoms with van der Waals surface area (Å²) >= 11 is 0. The van der Waals surface area contributed by atoms with Crippen molar-refractivity contribution < 1.29 is 8.85 Å². The summed E-state index contributed by atoms with van der Waals surface area (Å²) in [5.41, 5.74) is 0. The van der Waals surface area contributed by atoms with E-state index in [1.165, 1.54) is 128 Å². The van der Waals surface area contributed by atoms with Crippen molar-refractivity contribution in [2.24, 2.45) is 0 Å². The van der Waals surface area contributed by atoms with E-state index in [0.717, 1.165) is 13.2 Å². The number of unbranched alkanes of at least 4 members (excludes halogenated alkanes) is 16. The van der Waals surface area contributed by atoms with Gasteiger partial charge in [-0.05, 0) is 25.9 Å². The van der Waals surface area contributed by atoms with Crippen molar-refractivity contribution in [2.45, 2.75) is 155 Å². The summed E-state index contributed by atoms with van der Waals surface area (Å²) < 4.78 is 12.6. The minimum absolute atomic E-state index is 0.819. The molecule has 0 saturated heterocycles. The first-order valence-electron chi connectivity index (χ1n) is 13.5. The predicted octanol–water partition coefficient (Wildman–Crippen LogP) is 9.56. The molecular weight excluding hydrogens is 372 g/mol. The van der Waals surface area contributed by atoms with Gasteiger partial charge in [0.05, 0.1) is 0 Å². The maximum absolute atomic E-state index is 6.30. The summed E-state index contributed by atoms with van der Waals surface area (Å²) in [6.45, 7) is 10.5. The van der Waals surface area contributed by atoms with Gasteiger partial charge < -0.3 is 8.85 Å². The highest BCUT2D eigenvalue weighted by molar-refractivity contribution is 6.67. The lowest BCUT2D eigenvalue weighted by molar-refractivity contribution is 0.180. The third-order valence-corrected chi connectivity index (χ3v) is 10.00. The van der Waals surface area contributed by atoms with Gasteiger partial charge in [-0.15, -0.1) is 0 Å². The lowest BCUT2D eigenvalue weighted by atomic mass is 10.1. The van der Waals surface area contributed by atoms with Gasteiger partial charge in [0.25, 0.3) is 0 Å². The van der Waals surface area contributed by atoms with Crippen LogP contribution in [0.25, 0.3) is 0 Å². The van der Waals surface area contributed by atoms with Crippen LogP contribution in [0.15, 0.2) is 0 Å². The second kappa shape index (κ2) is 22.8. The van der Waals surface area contributed by atoms with Crippen LogP contribution in [0.5, 0.6) is 0 Å². The normalized spacial score (nSPS) is 12.0. The van der Waals surface area contributed by atoms with Crippen LogP contribution in [0, 0.1) is 0 Å². The van der Waals surface area contributed by atoms with Crippen LogP contribution >= 0.6 is 0 Å². The summed E-state index contributed by atoms with van der Waals surface area (Å²) in [5.74, 6) is 0. The first-order chi connectivity index (χ1) is 14.2. The van der Waals surface area contributed by atoms with Crippen LogP contribution in [0.1, 0.15) is 143 Å². The Balaban J connectivity index is 3.80. The van der Waals surface area contributed by atoms with Crippen LogP contribution in [-0.2, 0) is 8.85 Å². The largest absolute Gasteiger partial charge is 0.394 e. The minimum Gasteiger partial charge on any atom is -0.394 e. The Kier molecular flexibility index (Phi) is 22.9. The van der Waals surface area contributed by atoms with Gasteiger partial charge in [-0.1, -0.05) is 129 Å². The fourth-order valence-electron chi connectivity index (χ4n) is 4.39. The van der Waals surface area contributed by atoms with Crippen LogP contribution in [0.4, 0.5) is 0 Å². The van der Waals surface area contributed by atoms with E-state index in [-0.39, 0.29) is 0 Å². The van der Waals surface area contributed by atoms with E-state index in [1.54, 1.807) is 0 Å². The summed E-state index contributed by atoms with van der Waals surface area (Å²) in [4.78, 5) is 0. The molecule has 0 bridgehead atoms. The molecule has 0 rings (SSSR count). The molecule has 0 heterocycles. The van der Waals surface area contributed by atoms with E-state index in [2.05, 4.69) is 27.7 Å². The van der Waals surface area contributed by atoms with E-state index in [9.17, 15) is 0 Å². The van der Waals surface area contributed by atoms with Gasteiger partial charge in [0, 0.05) is 13.2 Å². The predicted molar refractivity (Wildman–Crippen MR) is 133 cm³/mol. The highest BCUT2D eigenvalue weighted by Crippen LogP contribution is 2.26. The maximum atomic E-state index is 6.30. The molecule has 0 N–H and O–H groups in total. The van der Waals surface area contributed by atoms with Crippen molar-refractivity contribution in [3.63, 3.8) is 0 Å². The number of hydrogen-bond acceptors (Lipinski definition) is 2. The number of hydrogen-bond donors (Lipinski definition) is 0. The third-order valence-electron chi connectivity index (χ3n) is 6.14. The molecule has 0 spiro atoms. The molecule has 0 aromatic heterocycles. The molecular formula is C26H56O2Si. The molecule has 0 radical (unpaired) electrons. The Morgan fingerprint density at radius 3 is 0.931 bits per heavy atom. The van der Waals surface area contributed by atoms with E-state index in [0.29, 0.717) is 0 Å². The van der Waals surface area contributed by atoms with Crippen molar-refractivity contribution in [1.29, 1.82) is 0 Å². The molecule has 0 atom stereocenters. The summed E-state index contributed by atoms with van der Waals surface area (Å²) in [7, 11) is -1.96. The van der Waals surface area contributed by atoms with Gasteiger partial charge in [-0.3, -0.25) is 0 Å². The van der Waals surface area contributed by atoms with Gasteiger partial charge in [0.1, 0.15) is 0 Å². The monoisotopic (exact) mass is 428 g/mol. The van der Waals surface area contributed by atoms with Gasteiger partial charge in [0.15, 0.2) is 0 Å². The van der Waals surface area contributed by atoms with Gasteiger partial charge >= 0.3 is 8.56 Å². The smallest absolute Gasteiger partial charge is 0.338 e. The Labute approximate surface area is 186 Å². The second-order valence-electron chi connectivity index (χ2n) is 8.93. The topological polar surface area (TPSA) is 18.5 Å². The zero-order valence-corrected chi connectivity index (χ0v) is 21.9. The lowest BCUT2D eigenvalue weighted by Gasteiger charge is -2.30. The third kappa shape index (κ3) is 18.6. The first-order valence-corrected chi connectivity index (χ1v) is 15.8. The quantitative estimate of drug-likeness (QED) is 0.112. The van der Waals surface area contributed by atoms with Crippen LogP contribution < -0.4 is 0 Å². The average molecular weight is 429 g/mol. The van der Waals surface area contributed by atoms with Crippen LogP contribution in [-0.4, -0.2) is 21.8 Å². The highest BCUT2D eigenvalue weighted by Gasteiger charge is 2.35. The zero-order chi connectivity index (χ0) is 21.5. The summed E-state index contributed by atoms with van der Waals surface area (Å²) in [6, 6.07) is 2.41. The molecule has 2 nitrogen and oxygen atoms in total. The molecule has 0 unspecified atom stereocenters. The highest BCUT2D eigenvalue weighted by atomic mass is 28.4. The standard InChI is InChI=1S/C26H56O2Si/c1-5-9-11-13-14-15-16-17-18-19-20-22-24-26-29(27-7-3,28-8-4)25-23-21-12-10-6-2/h5-26H2,1-4H3. The van der Waals surface area contributed by atoms with Gasteiger partial charge in [0.2, 0.25) is 0 Å². The molecule has 3 heteroatoms. The maximum Gasteiger partial charge on any atom is 0.338 e. The Hall–Kier alpha value is 0.137. The summed E-state index contributed by atoms with van der Waals surface area (Å²) in [5, 5.41) is 0. The lowest BCUT2D eigenvalue weighted by Crippen LogP contribution is -2.42. The second-order valence-corrected chi connectivity index (χ2v) is 12.3. The van der Waals surface area contributed by atoms with E-state index < -0.39 is 8.56 Å². The van der Waals surface area contributed by atoms with Crippen molar-refractivity contribution >= 4 is 8.56 Å². The zero-order valence-electron chi connectivity index (χ0n) is 20.9. The molecule has 0 aromatic rings. The molecule has 0 aliphatic heterocycles. The molecule has 0 amide bonds. The van der Waals surface area contributed by atoms with E-state index in [4.69, 9.17) is 8.85 Å². The molecule has 0 aromatic carbocycles.